The van der Waals surface area contributed by atoms with E-state index in [0.29, 0.717) is 19.0 Å². The Morgan fingerprint density at radius 2 is 1.72 bits per heavy atom. The van der Waals surface area contributed by atoms with Crippen molar-refractivity contribution in [3.05, 3.63) is 29.8 Å². The third-order valence-electron chi connectivity index (χ3n) is 4.69. The van der Waals surface area contributed by atoms with Gasteiger partial charge in [0.2, 0.25) is 0 Å². The van der Waals surface area contributed by atoms with Crippen LogP contribution in [-0.2, 0) is 16.1 Å². The minimum absolute atomic E-state index is 0.236. The number of rotatable bonds is 8. The van der Waals surface area contributed by atoms with E-state index in [1.807, 2.05) is 31.2 Å². The number of hydrogen-bond acceptors (Lipinski definition) is 4. The van der Waals surface area contributed by atoms with E-state index in [2.05, 4.69) is 0 Å². The van der Waals surface area contributed by atoms with Gasteiger partial charge in [0, 0.05) is 24.9 Å². The fourth-order valence-electron chi connectivity index (χ4n) is 3.14. The van der Waals surface area contributed by atoms with Crippen LogP contribution in [0.1, 0.15) is 31.7 Å². The SMILES string of the molecule is CCCN1C(=O)C(=O)N(C[NH+](Cc2ccc(OC)cc2)C2CC2)C1=O. The van der Waals surface area contributed by atoms with Gasteiger partial charge in [-0.25, -0.2) is 9.69 Å². The molecule has 3 rings (SSSR count). The third-order valence-corrected chi connectivity index (χ3v) is 4.69. The van der Waals surface area contributed by atoms with Crippen LogP contribution in [-0.4, -0.2) is 54.0 Å². The molecule has 0 bridgehead atoms. The first-order valence-corrected chi connectivity index (χ1v) is 8.70. The predicted molar refractivity (Wildman–Crippen MR) is 89.8 cm³/mol. The van der Waals surface area contributed by atoms with Crippen molar-refractivity contribution in [1.82, 2.24) is 9.80 Å². The minimum atomic E-state index is -0.702. The van der Waals surface area contributed by atoms with Crippen LogP contribution in [0.4, 0.5) is 4.79 Å². The largest absolute Gasteiger partial charge is 0.497 e. The van der Waals surface area contributed by atoms with Gasteiger partial charge in [-0.3, -0.25) is 14.5 Å². The van der Waals surface area contributed by atoms with Crippen LogP contribution < -0.4 is 9.64 Å². The maximum absolute atomic E-state index is 12.4. The molecule has 0 spiro atoms. The van der Waals surface area contributed by atoms with Crippen LogP contribution in [0.2, 0.25) is 0 Å². The third kappa shape index (κ3) is 3.66. The van der Waals surface area contributed by atoms with Crippen molar-refractivity contribution >= 4 is 17.8 Å². The lowest BCUT2D eigenvalue weighted by atomic mass is 10.2. The molecule has 0 aromatic heterocycles. The number of amides is 4. The van der Waals surface area contributed by atoms with Crippen molar-refractivity contribution in [1.29, 1.82) is 0 Å². The van der Waals surface area contributed by atoms with Crippen molar-refractivity contribution in [3.8, 4) is 5.75 Å². The number of nitrogens with one attached hydrogen (secondary N) is 1. The molecule has 1 saturated heterocycles. The van der Waals surface area contributed by atoms with E-state index >= 15 is 0 Å². The Hall–Kier alpha value is -2.41. The molecule has 1 saturated carbocycles. The molecule has 4 amide bonds. The molecule has 25 heavy (non-hydrogen) atoms. The number of benzene rings is 1. The highest BCUT2D eigenvalue weighted by atomic mass is 16.5. The van der Waals surface area contributed by atoms with Crippen molar-refractivity contribution < 1.29 is 24.0 Å². The van der Waals surface area contributed by atoms with Crippen molar-refractivity contribution in [2.24, 2.45) is 0 Å². The molecular formula is C18H24N3O4+. The Morgan fingerprint density at radius 3 is 2.28 bits per heavy atom. The molecule has 2 fully saturated rings. The summed E-state index contributed by atoms with van der Waals surface area (Å²) in [5, 5.41) is 0. The second-order valence-electron chi connectivity index (χ2n) is 6.59. The molecule has 1 N–H and O–H groups in total. The van der Waals surface area contributed by atoms with E-state index in [1.165, 1.54) is 0 Å². The van der Waals surface area contributed by atoms with E-state index in [1.54, 1.807) is 7.11 Å². The van der Waals surface area contributed by atoms with E-state index < -0.39 is 17.8 Å². The number of ether oxygens (including phenoxy) is 1. The average Bonchev–Trinajstić information content (AvgIpc) is 3.44. The number of imide groups is 2. The molecule has 1 aromatic carbocycles. The van der Waals surface area contributed by atoms with Crippen LogP contribution in [0, 0.1) is 0 Å². The first kappa shape index (κ1) is 17.4. The fraction of sp³-hybridized carbons (Fsp3) is 0.500. The van der Waals surface area contributed by atoms with Gasteiger partial charge in [-0.1, -0.05) is 6.92 Å². The molecule has 134 valence electrons. The number of methoxy groups -OCH3 is 1. The molecule has 7 heteroatoms. The molecule has 1 aliphatic heterocycles. The summed E-state index contributed by atoms with van der Waals surface area (Å²) in [5.74, 6) is -0.611. The number of hydrogen-bond donors (Lipinski definition) is 1. The van der Waals surface area contributed by atoms with Crippen molar-refractivity contribution in [3.63, 3.8) is 0 Å². The second-order valence-corrected chi connectivity index (χ2v) is 6.59. The van der Waals surface area contributed by atoms with Gasteiger partial charge in [0.05, 0.1) is 13.2 Å². The lowest BCUT2D eigenvalue weighted by Gasteiger charge is -2.23. The topological polar surface area (TPSA) is 71.4 Å². The lowest BCUT2D eigenvalue weighted by Crippen LogP contribution is -3.13. The molecule has 1 atom stereocenters. The number of nitrogens with zero attached hydrogens (tertiary/aromatic N) is 2. The highest BCUT2D eigenvalue weighted by molar-refractivity contribution is 6.44. The standard InChI is InChI=1S/C18H23N3O4/c1-3-10-20-16(22)17(23)21(18(20)24)12-19(14-6-7-14)11-13-4-8-15(25-2)9-5-13/h4-5,8-9,14H,3,6-7,10-12H2,1-2H3/p+1. The normalized spacial score (nSPS) is 18.9. The van der Waals surface area contributed by atoms with Crippen LogP contribution in [0.5, 0.6) is 5.75 Å². The van der Waals surface area contributed by atoms with E-state index in [9.17, 15) is 14.4 Å². The van der Waals surface area contributed by atoms with Gasteiger partial charge >= 0.3 is 17.8 Å². The molecule has 1 heterocycles. The van der Waals surface area contributed by atoms with Gasteiger partial charge in [-0.15, -0.1) is 0 Å². The smallest absolute Gasteiger partial charge is 0.338 e. The van der Waals surface area contributed by atoms with Gasteiger partial charge in [0.25, 0.3) is 0 Å². The van der Waals surface area contributed by atoms with E-state index in [4.69, 9.17) is 4.74 Å². The van der Waals surface area contributed by atoms with Gasteiger partial charge in [0.15, 0.2) is 6.67 Å². The van der Waals surface area contributed by atoms with E-state index in [-0.39, 0.29) is 13.2 Å². The highest BCUT2D eigenvalue weighted by Crippen LogP contribution is 2.18. The number of carbonyl (C=O) groups is 3. The van der Waals surface area contributed by atoms with E-state index in [0.717, 1.165) is 38.9 Å². The van der Waals surface area contributed by atoms with Crippen LogP contribution in [0.3, 0.4) is 0 Å². The Kier molecular flexibility index (Phi) is 5.03. The summed E-state index contributed by atoms with van der Waals surface area (Å²) < 4.78 is 5.17. The maximum atomic E-state index is 12.4. The zero-order chi connectivity index (χ0) is 18.0. The summed E-state index contributed by atoms with van der Waals surface area (Å²) in [6.45, 7) is 3.10. The first-order chi connectivity index (χ1) is 12.0. The minimum Gasteiger partial charge on any atom is -0.497 e. The Morgan fingerprint density at radius 1 is 1.08 bits per heavy atom. The molecule has 0 radical (unpaired) electrons. The van der Waals surface area contributed by atoms with Gasteiger partial charge in [-0.05, 0) is 30.7 Å². The summed E-state index contributed by atoms with van der Waals surface area (Å²) in [6.07, 6.45) is 2.80. The fourth-order valence-corrected chi connectivity index (χ4v) is 3.14. The highest BCUT2D eigenvalue weighted by Gasteiger charge is 2.47. The van der Waals surface area contributed by atoms with Gasteiger partial charge in [0.1, 0.15) is 12.3 Å². The molecule has 1 unspecified atom stereocenters. The summed E-state index contributed by atoms with van der Waals surface area (Å²) in [6, 6.07) is 7.73. The predicted octanol–water partition coefficient (Wildman–Crippen LogP) is 0.401. The molecule has 1 aliphatic carbocycles. The van der Waals surface area contributed by atoms with Crippen LogP contribution in [0.25, 0.3) is 0 Å². The maximum Gasteiger partial charge on any atom is 0.338 e. The summed E-state index contributed by atoms with van der Waals surface area (Å²) >= 11 is 0. The first-order valence-electron chi connectivity index (χ1n) is 8.70. The summed E-state index contributed by atoms with van der Waals surface area (Å²) in [7, 11) is 1.63. The summed E-state index contributed by atoms with van der Waals surface area (Å²) in [5.41, 5.74) is 1.11. The molecule has 2 aliphatic rings. The average molecular weight is 346 g/mol. The van der Waals surface area contributed by atoms with Crippen LogP contribution in [0.15, 0.2) is 24.3 Å². The zero-order valence-electron chi connectivity index (χ0n) is 14.7. The zero-order valence-corrected chi connectivity index (χ0v) is 14.7. The van der Waals surface area contributed by atoms with Gasteiger partial charge in [-0.2, -0.15) is 0 Å². The van der Waals surface area contributed by atoms with Crippen molar-refractivity contribution in [2.45, 2.75) is 38.8 Å². The monoisotopic (exact) mass is 346 g/mol. The number of carbonyl (C=O) groups excluding carboxylic acids is 3. The molecule has 7 nitrogen and oxygen atoms in total. The quantitative estimate of drug-likeness (QED) is 0.546. The molecular weight excluding hydrogens is 322 g/mol. The van der Waals surface area contributed by atoms with Crippen LogP contribution >= 0.6 is 0 Å². The van der Waals surface area contributed by atoms with Gasteiger partial charge < -0.3 is 9.64 Å². The Balaban J connectivity index is 1.70. The van der Waals surface area contributed by atoms with Crippen molar-refractivity contribution in [2.75, 3.05) is 20.3 Å². The lowest BCUT2D eigenvalue weighted by molar-refractivity contribution is -0.931. The number of quaternary nitrogens is 1. The summed E-state index contributed by atoms with van der Waals surface area (Å²) in [4.78, 5) is 39.9. The Labute approximate surface area is 147 Å². The molecule has 1 aromatic rings. The second kappa shape index (κ2) is 7.23. The number of urea groups is 1. The Bertz CT molecular complexity index is 669.